The van der Waals surface area contributed by atoms with Gasteiger partial charge in [0.2, 0.25) is 5.91 Å². The highest BCUT2D eigenvalue weighted by molar-refractivity contribution is 5.84. The van der Waals surface area contributed by atoms with E-state index in [0.29, 0.717) is 5.91 Å². The van der Waals surface area contributed by atoms with Crippen LogP contribution in [0.4, 0.5) is 5.82 Å². The van der Waals surface area contributed by atoms with Crippen LogP contribution in [0.15, 0.2) is 54.7 Å². The molecule has 1 amide bonds. The van der Waals surface area contributed by atoms with Crippen LogP contribution in [0, 0.1) is 5.41 Å². The maximum atomic E-state index is 13.7. The Bertz CT molecular complexity index is 1210. The number of fused-ring (bicyclic) bond motifs is 2. The molecule has 3 aromatic rings. The first-order chi connectivity index (χ1) is 15.7. The van der Waals surface area contributed by atoms with Gasteiger partial charge in [0.1, 0.15) is 5.82 Å². The molecule has 2 fully saturated rings. The molecule has 32 heavy (non-hydrogen) atoms. The Balaban J connectivity index is 1.18. The minimum atomic E-state index is -0.215. The van der Waals surface area contributed by atoms with Crippen molar-refractivity contribution in [2.45, 2.75) is 38.6 Å². The molecule has 0 radical (unpaired) electrons. The van der Waals surface area contributed by atoms with E-state index in [1.165, 1.54) is 16.7 Å². The second-order valence-corrected chi connectivity index (χ2v) is 9.41. The number of anilines is 1. The Morgan fingerprint density at radius 3 is 2.66 bits per heavy atom. The third-order valence-electron chi connectivity index (χ3n) is 7.57. The van der Waals surface area contributed by atoms with E-state index in [1.807, 2.05) is 30.5 Å². The Kier molecular flexibility index (Phi) is 4.71. The number of aromatic nitrogens is 2. The van der Waals surface area contributed by atoms with Crippen LogP contribution in [0.2, 0.25) is 0 Å². The fraction of sp³-hybridized carbons (Fsp3) is 0.370. The number of hydrogen-bond donors (Lipinski definition) is 0. The number of piperidine rings is 2. The zero-order valence-electron chi connectivity index (χ0n) is 18.3. The van der Waals surface area contributed by atoms with Gasteiger partial charge in [0.25, 0.3) is 0 Å². The lowest BCUT2D eigenvalue weighted by Gasteiger charge is -2.46. The molecule has 3 heterocycles. The molecular formula is C27H28N4O. The highest BCUT2D eigenvalue weighted by Crippen LogP contribution is 2.42. The lowest BCUT2D eigenvalue weighted by molar-refractivity contribution is -0.148. The summed E-state index contributed by atoms with van der Waals surface area (Å²) in [5.41, 5.74) is 5.62. The SMILES string of the molecule is O=C1N(Cc2cccc3c2C=CC3)CCCC12CCN(c1cnc3ccccc3n1)CC2. The molecule has 0 bridgehead atoms. The molecule has 5 heteroatoms. The maximum absolute atomic E-state index is 13.7. The number of rotatable bonds is 3. The first-order valence-corrected chi connectivity index (χ1v) is 11.8. The minimum absolute atomic E-state index is 0.215. The van der Waals surface area contributed by atoms with Crippen LogP contribution in [0.25, 0.3) is 17.1 Å². The van der Waals surface area contributed by atoms with Gasteiger partial charge in [-0.05, 0) is 60.9 Å². The van der Waals surface area contributed by atoms with E-state index in [0.717, 1.165) is 75.1 Å². The van der Waals surface area contributed by atoms with Gasteiger partial charge >= 0.3 is 0 Å². The van der Waals surface area contributed by atoms with Crippen LogP contribution in [-0.2, 0) is 17.8 Å². The summed E-state index contributed by atoms with van der Waals surface area (Å²) in [7, 11) is 0. The van der Waals surface area contributed by atoms with Gasteiger partial charge < -0.3 is 9.80 Å². The summed E-state index contributed by atoms with van der Waals surface area (Å²) >= 11 is 0. The van der Waals surface area contributed by atoms with Crippen LogP contribution < -0.4 is 4.90 Å². The van der Waals surface area contributed by atoms with Crippen molar-refractivity contribution >= 4 is 28.8 Å². The second kappa shape index (κ2) is 7.73. The molecule has 162 valence electrons. The molecule has 1 aliphatic carbocycles. The summed E-state index contributed by atoms with van der Waals surface area (Å²) in [6, 6.07) is 14.5. The van der Waals surface area contributed by atoms with Crippen molar-refractivity contribution in [1.29, 1.82) is 0 Å². The number of nitrogens with zero attached hydrogens (tertiary/aromatic N) is 4. The molecule has 2 saturated heterocycles. The minimum Gasteiger partial charge on any atom is -0.355 e. The average molecular weight is 425 g/mol. The van der Waals surface area contributed by atoms with E-state index in [-0.39, 0.29) is 5.41 Å². The van der Waals surface area contributed by atoms with Crippen molar-refractivity contribution in [3.63, 3.8) is 0 Å². The van der Waals surface area contributed by atoms with E-state index in [1.54, 1.807) is 0 Å². The van der Waals surface area contributed by atoms with Crippen LogP contribution in [0.1, 0.15) is 42.4 Å². The van der Waals surface area contributed by atoms with Gasteiger partial charge in [-0.3, -0.25) is 9.78 Å². The molecule has 1 spiro atoms. The molecule has 0 atom stereocenters. The molecular weight excluding hydrogens is 396 g/mol. The summed E-state index contributed by atoms with van der Waals surface area (Å²) < 4.78 is 0. The van der Waals surface area contributed by atoms with Crippen molar-refractivity contribution in [1.82, 2.24) is 14.9 Å². The molecule has 6 rings (SSSR count). The molecule has 1 aromatic heterocycles. The third kappa shape index (κ3) is 3.27. The molecule has 0 N–H and O–H groups in total. The second-order valence-electron chi connectivity index (χ2n) is 9.41. The zero-order valence-corrected chi connectivity index (χ0v) is 18.3. The van der Waals surface area contributed by atoms with Crippen molar-refractivity contribution in [2.24, 2.45) is 5.41 Å². The molecule has 3 aliphatic rings. The molecule has 0 saturated carbocycles. The summed E-state index contributed by atoms with van der Waals surface area (Å²) in [6.45, 7) is 3.31. The Morgan fingerprint density at radius 1 is 0.938 bits per heavy atom. The Hall–Kier alpha value is -3.21. The monoisotopic (exact) mass is 424 g/mol. The first-order valence-electron chi connectivity index (χ1n) is 11.8. The number of para-hydroxylation sites is 2. The number of hydrogen-bond acceptors (Lipinski definition) is 4. The lowest BCUT2D eigenvalue weighted by Crippen LogP contribution is -2.53. The standard InChI is InChI=1S/C27H28N4O/c32-26-27(12-5-15-31(26)19-21-8-3-6-20-7-4-9-22(20)21)13-16-30(17-14-27)25-18-28-23-10-1-2-11-24(23)29-25/h1-4,6,8-11,18H,5,7,12-17,19H2. The highest BCUT2D eigenvalue weighted by Gasteiger charge is 2.45. The maximum Gasteiger partial charge on any atom is 0.229 e. The van der Waals surface area contributed by atoms with Crippen LogP contribution >= 0.6 is 0 Å². The highest BCUT2D eigenvalue weighted by atomic mass is 16.2. The number of benzene rings is 2. The summed E-state index contributed by atoms with van der Waals surface area (Å²) in [6.07, 6.45) is 11.2. The van der Waals surface area contributed by atoms with E-state index in [4.69, 9.17) is 4.98 Å². The Morgan fingerprint density at radius 2 is 1.78 bits per heavy atom. The fourth-order valence-electron chi connectivity index (χ4n) is 5.74. The Labute approximate surface area is 188 Å². The zero-order chi connectivity index (χ0) is 21.5. The van der Waals surface area contributed by atoms with Gasteiger partial charge in [0.15, 0.2) is 0 Å². The van der Waals surface area contributed by atoms with E-state index >= 15 is 0 Å². The van der Waals surface area contributed by atoms with E-state index in [2.05, 4.69) is 45.1 Å². The third-order valence-corrected chi connectivity index (χ3v) is 7.57. The number of allylic oxidation sites excluding steroid dienone is 1. The fourth-order valence-corrected chi connectivity index (χ4v) is 5.74. The summed E-state index contributed by atoms with van der Waals surface area (Å²) in [5, 5.41) is 0. The summed E-state index contributed by atoms with van der Waals surface area (Å²) in [5.74, 6) is 1.28. The normalized spacial score (nSPS) is 19.7. The van der Waals surface area contributed by atoms with Crippen LogP contribution in [0.5, 0.6) is 0 Å². The molecule has 2 aromatic carbocycles. The lowest BCUT2D eigenvalue weighted by atomic mass is 9.71. The van der Waals surface area contributed by atoms with Gasteiger partial charge in [-0.2, -0.15) is 0 Å². The van der Waals surface area contributed by atoms with Crippen molar-refractivity contribution in [3.8, 4) is 0 Å². The van der Waals surface area contributed by atoms with Crippen LogP contribution in [-0.4, -0.2) is 40.4 Å². The van der Waals surface area contributed by atoms with E-state index in [9.17, 15) is 4.79 Å². The van der Waals surface area contributed by atoms with Gasteiger partial charge in [0, 0.05) is 26.2 Å². The topological polar surface area (TPSA) is 49.3 Å². The average Bonchev–Trinajstić information content (AvgIpc) is 3.32. The number of likely N-dealkylation sites (tertiary alicyclic amines) is 1. The summed E-state index contributed by atoms with van der Waals surface area (Å²) in [4.78, 5) is 27.5. The smallest absolute Gasteiger partial charge is 0.229 e. The predicted molar refractivity (Wildman–Crippen MR) is 127 cm³/mol. The van der Waals surface area contributed by atoms with Gasteiger partial charge in [-0.25, -0.2) is 4.98 Å². The van der Waals surface area contributed by atoms with E-state index < -0.39 is 0 Å². The van der Waals surface area contributed by atoms with Crippen molar-refractivity contribution in [2.75, 3.05) is 24.5 Å². The molecule has 5 nitrogen and oxygen atoms in total. The first kappa shape index (κ1) is 19.5. The number of amides is 1. The number of carbonyl (C=O) groups excluding carboxylic acids is 1. The van der Waals surface area contributed by atoms with Gasteiger partial charge in [0.05, 0.1) is 22.6 Å². The van der Waals surface area contributed by atoms with Crippen molar-refractivity contribution in [3.05, 3.63) is 71.4 Å². The molecule has 0 unspecified atom stereocenters. The van der Waals surface area contributed by atoms with Gasteiger partial charge in [-0.1, -0.05) is 42.5 Å². The van der Waals surface area contributed by atoms with Crippen molar-refractivity contribution < 1.29 is 4.79 Å². The quantitative estimate of drug-likeness (QED) is 0.616. The largest absolute Gasteiger partial charge is 0.355 e. The van der Waals surface area contributed by atoms with Gasteiger partial charge in [-0.15, -0.1) is 0 Å². The van der Waals surface area contributed by atoms with Crippen LogP contribution in [0.3, 0.4) is 0 Å². The molecule has 2 aliphatic heterocycles. The number of carbonyl (C=O) groups is 1. The predicted octanol–water partition coefficient (Wildman–Crippen LogP) is 4.61.